The van der Waals surface area contributed by atoms with Gasteiger partial charge in [-0.3, -0.25) is 9.10 Å². The number of hydrogen-bond donors (Lipinski definition) is 0. The Morgan fingerprint density at radius 3 is 2.16 bits per heavy atom. The minimum Gasteiger partial charge on any atom is -0.339 e. The summed E-state index contributed by atoms with van der Waals surface area (Å²) in [6, 6.07) is 13.4. The van der Waals surface area contributed by atoms with E-state index in [0.717, 1.165) is 5.56 Å². The Balaban J connectivity index is 2.45. The molecule has 25 heavy (non-hydrogen) atoms. The van der Waals surface area contributed by atoms with E-state index >= 15 is 0 Å². The van der Waals surface area contributed by atoms with Crippen LogP contribution in [-0.4, -0.2) is 39.4 Å². The number of carbonyl (C=O) groups is 1. The Morgan fingerprint density at radius 1 is 1.00 bits per heavy atom. The lowest BCUT2D eigenvalue weighted by Gasteiger charge is -2.23. The number of nitrogens with zero attached hydrogens (tertiary/aromatic N) is 2. The molecule has 0 aliphatic carbocycles. The molecule has 0 spiro atoms. The van der Waals surface area contributed by atoms with Gasteiger partial charge >= 0.3 is 0 Å². The van der Waals surface area contributed by atoms with Gasteiger partial charge < -0.3 is 4.90 Å². The molecule has 2 rings (SSSR count). The summed E-state index contributed by atoms with van der Waals surface area (Å²) in [4.78, 5) is 14.5. The first kappa shape index (κ1) is 19.0. The maximum absolute atomic E-state index is 12.8. The number of rotatable bonds is 6. The maximum atomic E-state index is 12.8. The van der Waals surface area contributed by atoms with E-state index in [1.165, 1.54) is 11.4 Å². The van der Waals surface area contributed by atoms with Crippen LogP contribution in [0, 0.1) is 6.92 Å². The fourth-order valence-corrected chi connectivity index (χ4v) is 3.93. The Kier molecular flexibility index (Phi) is 5.85. The summed E-state index contributed by atoms with van der Waals surface area (Å²) in [5, 5.41) is 0. The van der Waals surface area contributed by atoms with Gasteiger partial charge in [0.05, 0.1) is 10.6 Å². The highest BCUT2D eigenvalue weighted by molar-refractivity contribution is 7.92. The lowest BCUT2D eigenvalue weighted by molar-refractivity contribution is 0.0773. The van der Waals surface area contributed by atoms with Crippen molar-refractivity contribution in [2.24, 2.45) is 0 Å². The lowest BCUT2D eigenvalue weighted by Crippen LogP contribution is -2.31. The summed E-state index contributed by atoms with van der Waals surface area (Å²) in [5.74, 6) is -0.100. The molecule has 0 aromatic heterocycles. The van der Waals surface area contributed by atoms with Crippen LogP contribution in [0.3, 0.4) is 0 Å². The summed E-state index contributed by atoms with van der Waals surface area (Å²) in [7, 11) is -2.17. The standard InChI is InChI=1S/C19H24N2O3S/c1-5-21(6-2)19(22)16-13-12-15(3)18(14-16)20(4)25(23,24)17-10-8-7-9-11-17/h7-14H,5-6H2,1-4H3. The van der Waals surface area contributed by atoms with Gasteiger partial charge in [0.25, 0.3) is 15.9 Å². The molecule has 0 atom stereocenters. The maximum Gasteiger partial charge on any atom is 0.264 e. The molecule has 5 nitrogen and oxygen atoms in total. The number of carbonyl (C=O) groups excluding carboxylic acids is 1. The van der Waals surface area contributed by atoms with Gasteiger partial charge in [0, 0.05) is 25.7 Å². The van der Waals surface area contributed by atoms with Crippen molar-refractivity contribution in [3.63, 3.8) is 0 Å². The van der Waals surface area contributed by atoms with Crippen molar-refractivity contribution < 1.29 is 13.2 Å². The van der Waals surface area contributed by atoms with E-state index in [1.54, 1.807) is 53.4 Å². The second-order valence-corrected chi connectivity index (χ2v) is 7.73. The van der Waals surface area contributed by atoms with Gasteiger partial charge in [-0.2, -0.15) is 0 Å². The molecular formula is C19H24N2O3S. The van der Waals surface area contributed by atoms with Crippen LogP contribution in [-0.2, 0) is 10.0 Å². The molecule has 0 radical (unpaired) electrons. The number of hydrogen-bond acceptors (Lipinski definition) is 3. The van der Waals surface area contributed by atoms with Crippen LogP contribution < -0.4 is 4.31 Å². The van der Waals surface area contributed by atoms with Crippen molar-refractivity contribution in [1.82, 2.24) is 4.90 Å². The van der Waals surface area contributed by atoms with Gasteiger partial charge in [-0.1, -0.05) is 24.3 Å². The molecule has 0 unspecified atom stereocenters. The summed E-state index contributed by atoms with van der Waals surface area (Å²) >= 11 is 0. The van der Waals surface area contributed by atoms with Crippen LogP contribution in [0.1, 0.15) is 29.8 Å². The average Bonchev–Trinajstić information content (AvgIpc) is 2.63. The molecule has 0 aliphatic rings. The van der Waals surface area contributed by atoms with Gasteiger partial charge in [-0.25, -0.2) is 8.42 Å². The quantitative estimate of drug-likeness (QED) is 0.794. The van der Waals surface area contributed by atoms with Gasteiger partial charge in [-0.05, 0) is 50.6 Å². The molecular weight excluding hydrogens is 336 g/mol. The molecule has 2 aromatic rings. The Morgan fingerprint density at radius 2 is 1.60 bits per heavy atom. The van der Waals surface area contributed by atoms with E-state index in [1.807, 2.05) is 20.8 Å². The molecule has 0 N–H and O–H groups in total. The number of amides is 1. The fourth-order valence-electron chi connectivity index (χ4n) is 2.66. The fraction of sp³-hybridized carbons (Fsp3) is 0.316. The zero-order chi connectivity index (χ0) is 18.6. The summed E-state index contributed by atoms with van der Waals surface area (Å²) in [6.07, 6.45) is 0. The van der Waals surface area contributed by atoms with E-state index in [-0.39, 0.29) is 10.8 Å². The molecule has 1 amide bonds. The van der Waals surface area contributed by atoms with Crippen LogP contribution in [0.2, 0.25) is 0 Å². The normalized spacial score (nSPS) is 11.2. The van der Waals surface area contributed by atoms with Crippen molar-refractivity contribution >= 4 is 21.6 Å². The number of sulfonamides is 1. The molecule has 0 fully saturated rings. The second-order valence-electron chi connectivity index (χ2n) is 5.76. The van der Waals surface area contributed by atoms with E-state index in [4.69, 9.17) is 0 Å². The predicted molar refractivity (Wildman–Crippen MR) is 100 cm³/mol. The zero-order valence-corrected chi connectivity index (χ0v) is 15.9. The van der Waals surface area contributed by atoms with Crippen molar-refractivity contribution in [1.29, 1.82) is 0 Å². The Bertz CT molecular complexity index is 844. The SMILES string of the molecule is CCN(CC)C(=O)c1ccc(C)c(N(C)S(=O)(=O)c2ccccc2)c1. The van der Waals surface area contributed by atoms with Gasteiger partial charge in [-0.15, -0.1) is 0 Å². The minimum absolute atomic E-state index is 0.100. The van der Waals surface area contributed by atoms with E-state index in [2.05, 4.69) is 0 Å². The first-order valence-corrected chi connectivity index (χ1v) is 9.70. The minimum atomic E-state index is -3.68. The highest BCUT2D eigenvalue weighted by atomic mass is 32.2. The van der Waals surface area contributed by atoms with Crippen LogP contribution in [0.5, 0.6) is 0 Å². The third-order valence-electron chi connectivity index (χ3n) is 4.25. The lowest BCUT2D eigenvalue weighted by atomic mass is 10.1. The first-order chi connectivity index (χ1) is 11.8. The Hall–Kier alpha value is -2.34. The van der Waals surface area contributed by atoms with Crippen molar-refractivity contribution in [3.05, 3.63) is 59.7 Å². The number of aryl methyl sites for hydroxylation is 1. The smallest absolute Gasteiger partial charge is 0.264 e. The summed E-state index contributed by atoms with van der Waals surface area (Å²) in [5.41, 5.74) is 1.78. The highest BCUT2D eigenvalue weighted by Crippen LogP contribution is 2.27. The van der Waals surface area contributed by atoms with Gasteiger partial charge in [0.1, 0.15) is 0 Å². The molecule has 0 heterocycles. The molecule has 134 valence electrons. The number of benzene rings is 2. The molecule has 0 aliphatic heterocycles. The number of anilines is 1. The van der Waals surface area contributed by atoms with E-state index in [9.17, 15) is 13.2 Å². The van der Waals surface area contributed by atoms with E-state index < -0.39 is 10.0 Å². The molecule has 0 bridgehead atoms. The molecule has 0 saturated carbocycles. The predicted octanol–water partition coefficient (Wildman–Crippen LogP) is 3.30. The summed E-state index contributed by atoms with van der Waals surface area (Å²) < 4.78 is 26.9. The third-order valence-corrected chi connectivity index (χ3v) is 6.03. The Labute approximate surface area is 149 Å². The van der Waals surface area contributed by atoms with Crippen LogP contribution in [0.15, 0.2) is 53.4 Å². The third kappa shape index (κ3) is 3.85. The van der Waals surface area contributed by atoms with Gasteiger partial charge in [0.15, 0.2) is 0 Å². The van der Waals surface area contributed by atoms with Crippen LogP contribution in [0.25, 0.3) is 0 Å². The largest absolute Gasteiger partial charge is 0.339 e. The molecule has 0 saturated heterocycles. The average molecular weight is 360 g/mol. The highest BCUT2D eigenvalue weighted by Gasteiger charge is 2.23. The van der Waals surface area contributed by atoms with Crippen molar-refractivity contribution in [2.45, 2.75) is 25.7 Å². The molecule has 2 aromatic carbocycles. The second kappa shape index (κ2) is 7.70. The van der Waals surface area contributed by atoms with Crippen molar-refractivity contribution in [3.8, 4) is 0 Å². The monoisotopic (exact) mass is 360 g/mol. The van der Waals surface area contributed by atoms with Crippen molar-refractivity contribution in [2.75, 3.05) is 24.4 Å². The zero-order valence-electron chi connectivity index (χ0n) is 15.1. The molecule has 6 heteroatoms. The van der Waals surface area contributed by atoms with E-state index in [0.29, 0.717) is 24.3 Å². The van der Waals surface area contributed by atoms with Gasteiger partial charge in [0.2, 0.25) is 0 Å². The first-order valence-electron chi connectivity index (χ1n) is 8.26. The van der Waals surface area contributed by atoms with Crippen LogP contribution >= 0.6 is 0 Å². The topological polar surface area (TPSA) is 57.7 Å². The summed E-state index contributed by atoms with van der Waals surface area (Å²) in [6.45, 7) is 6.89. The van der Waals surface area contributed by atoms with Crippen LogP contribution in [0.4, 0.5) is 5.69 Å².